The van der Waals surface area contributed by atoms with Gasteiger partial charge in [0.05, 0.1) is 11.4 Å². The predicted molar refractivity (Wildman–Crippen MR) is 67.9 cm³/mol. The number of nitrogens with zero attached hydrogens (tertiary/aromatic N) is 2. The number of rotatable bonds is 2. The highest BCUT2D eigenvalue weighted by atomic mass is 32.1. The second kappa shape index (κ2) is 5.63. The quantitative estimate of drug-likeness (QED) is 0.907. The van der Waals surface area contributed by atoms with E-state index in [0.717, 1.165) is 5.51 Å². The SMILES string of the molecule is CC1CN(C(=O)c2scnc2C(F)(F)F)CCC1C(=O)O. The molecule has 1 aliphatic heterocycles. The zero-order valence-corrected chi connectivity index (χ0v) is 11.9. The summed E-state index contributed by atoms with van der Waals surface area (Å²) in [5.41, 5.74) is -0.186. The van der Waals surface area contributed by atoms with Crippen molar-refractivity contribution >= 4 is 23.2 Å². The summed E-state index contributed by atoms with van der Waals surface area (Å²) in [6.07, 6.45) is -4.43. The molecule has 0 spiro atoms. The summed E-state index contributed by atoms with van der Waals surface area (Å²) in [7, 11) is 0. The molecule has 5 nitrogen and oxygen atoms in total. The van der Waals surface area contributed by atoms with Crippen molar-refractivity contribution in [2.24, 2.45) is 11.8 Å². The molecule has 0 saturated carbocycles. The number of carboxylic acid groups (broad SMARTS) is 1. The van der Waals surface area contributed by atoms with Gasteiger partial charge in [-0.15, -0.1) is 11.3 Å². The Morgan fingerprint density at radius 1 is 1.48 bits per heavy atom. The first kappa shape index (κ1) is 15.7. The molecular formula is C12H13F3N2O3S. The molecule has 1 N–H and O–H groups in total. The molecule has 1 aromatic rings. The van der Waals surface area contributed by atoms with Crippen molar-refractivity contribution in [1.29, 1.82) is 0 Å². The maximum Gasteiger partial charge on any atom is 0.434 e. The Bertz CT molecular complexity index is 558. The van der Waals surface area contributed by atoms with Crippen LogP contribution in [0, 0.1) is 11.8 Å². The van der Waals surface area contributed by atoms with Gasteiger partial charge >= 0.3 is 12.1 Å². The van der Waals surface area contributed by atoms with E-state index in [1.165, 1.54) is 4.90 Å². The lowest BCUT2D eigenvalue weighted by Gasteiger charge is -2.34. The number of aromatic nitrogens is 1. The van der Waals surface area contributed by atoms with E-state index in [9.17, 15) is 22.8 Å². The van der Waals surface area contributed by atoms with Crippen molar-refractivity contribution in [2.75, 3.05) is 13.1 Å². The van der Waals surface area contributed by atoms with Crippen LogP contribution in [0.15, 0.2) is 5.51 Å². The highest BCUT2D eigenvalue weighted by Gasteiger charge is 2.41. The van der Waals surface area contributed by atoms with Gasteiger partial charge in [0.15, 0.2) is 5.69 Å². The minimum absolute atomic E-state index is 0.130. The zero-order chi connectivity index (χ0) is 15.8. The van der Waals surface area contributed by atoms with E-state index in [-0.39, 0.29) is 25.4 Å². The van der Waals surface area contributed by atoms with Crippen LogP contribution in [0.25, 0.3) is 0 Å². The maximum atomic E-state index is 12.7. The molecule has 0 bridgehead atoms. The fourth-order valence-electron chi connectivity index (χ4n) is 2.44. The number of carbonyl (C=O) groups excluding carboxylic acids is 1. The molecule has 1 saturated heterocycles. The van der Waals surface area contributed by atoms with Crippen molar-refractivity contribution < 1.29 is 27.9 Å². The number of likely N-dealkylation sites (tertiary alicyclic amines) is 1. The van der Waals surface area contributed by atoms with Gasteiger partial charge in [-0.25, -0.2) is 4.98 Å². The maximum absolute atomic E-state index is 12.7. The number of carbonyl (C=O) groups is 2. The first-order chi connectivity index (χ1) is 9.71. The Morgan fingerprint density at radius 2 is 2.14 bits per heavy atom. The number of piperidine rings is 1. The van der Waals surface area contributed by atoms with Crippen LogP contribution in [0.1, 0.15) is 28.7 Å². The summed E-state index contributed by atoms with van der Waals surface area (Å²) in [5.74, 6) is -2.55. The van der Waals surface area contributed by atoms with E-state index < -0.39 is 34.5 Å². The van der Waals surface area contributed by atoms with Gasteiger partial charge in [0.1, 0.15) is 4.88 Å². The summed E-state index contributed by atoms with van der Waals surface area (Å²) in [6.45, 7) is 1.94. The first-order valence-electron chi connectivity index (χ1n) is 6.24. The van der Waals surface area contributed by atoms with Gasteiger partial charge in [-0.05, 0) is 12.3 Å². The molecule has 0 radical (unpaired) electrons. The van der Waals surface area contributed by atoms with Crippen molar-refractivity contribution in [1.82, 2.24) is 9.88 Å². The molecule has 1 aliphatic rings. The van der Waals surface area contributed by atoms with Gasteiger partial charge in [-0.3, -0.25) is 9.59 Å². The molecule has 0 aromatic carbocycles. The second-order valence-electron chi connectivity index (χ2n) is 4.99. The first-order valence-corrected chi connectivity index (χ1v) is 7.12. The van der Waals surface area contributed by atoms with E-state index in [4.69, 9.17) is 5.11 Å². The molecule has 116 valence electrons. The van der Waals surface area contributed by atoms with Gasteiger partial charge in [0.2, 0.25) is 0 Å². The summed E-state index contributed by atoms with van der Waals surface area (Å²) >= 11 is 0.648. The zero-order valence-electron chi connectivity index (χ0n) is 11.1. The van der Waals surface area contributed by atoms with Gasteiger partial charge in [0.25, 0.3) is 5.91 Å². The van der Waals surface area contributed by atoms with Crippen LogP contribution in [-0.2, 0) is 11.0 Å². The fourth-order valence-corrected chi connectivity index (χ4v) is 3.21. The van der Waals surface area contributed by atoms with Gasteiger partial charge < -0.3 is 10.0 Å². The Kier molecular flexibility index (Phi) is 4.22. The lowest BCUT2D eigenvalue weighted by Crippen LogP contribution is -2.45. The van der Waals surface area contributed by atoms with E-state index in [2.05, 4.69) is 4.98 Å². The number of alkyl halides is 3. The van der Waals surface area contributed by atoms with Crippen LogP contribution in [0.2, 0.25) is 0 Å². The lowest BCUT2D eigenvalue weighted by molar-refractivity contribution is -0.145. The normalized spacial score (nSPS) is 23.1. The minimum Gasteiger partial charge on any atom is -0.481 e. The average Bonchev–Trinajstić information content (AvgIpc) is 2.86. The molecule has 1 amide bonds. The number of hydrogen-bond acceptors (Lipinski definition) is 4. The van der Waals surface area contributed by atoms with Crippen LogP contribution in [0.4, 0.5) is 13.2 Å². The molecule has 2 unspecified atom stereocenters. The number of hydrogen-bond donors (Lipinski definition) is 1. The topological polar surface area (TPSA) is 70.5 Å². The number of thiazole rings is 1. The largest absolute Gasteiger partial charge is 0.481 e. The van der Waals surface area contributed by atoms with Crippen molar-refractivity contribution in [2.45, 2.75) is 19.5 Å². The van der Waals surface area contributed by atoms with E-state index in [1.807, 2.05) is 0 Å². The van der Waals surface area contributed by atoms with Crippen LogP contribution < -0.4 is 0 Å². The predicted octanol–water partition coefficient (Wildman–Crippen LogP) is 2.34. The summed E-state index contributed by atoms with van der Waals surface area (Å²) in [5, 5.41) is 9.01. The van der Waals surface area contributed by atoms with E-state index >= 15 is 0 Å². The third-order valence-electron chi connectivity index (χ3n) is 3.54. The Balaban J connectivity index is 2.16. The monoisotopic (exact) mass is 322 g/mol. The third kappa shape index (κ3) is 3.17. The summed E-state index contributed by atoms with van der Waals surface area (Å²) in [4.78, 5) is 27.2. The molecule has 2 heterocycles. The molecule has 2 rings (SSSR count). The van der Waals surface area contributed by atoms with E-state index in [1.54, 1.807) is 6.92 Å². The molecule has 2 atom stereocenters. The number of aliphatic carboxylic acids is 1. The van der Waals surface area contributed by atoms with Crippen LogP contribution in [0.3, 0.4) is 0 Å². The number of halogens is 3. The second-order valence-corrected chi connectivity index (χ2v) is 5.84. The molecule has 1 fully saturated rings. The molecule has 9 heteroatoms. The standard InChI is InChI=1S/C12H13F3N2O3S/c1-6-4-17(3-2-7(6)11(19)20)10(18)8-9(12(13,14)15)16-5-21-8/h5-7H,2-4H2,1H3,(H,19,20). The molecular weight excluding hydrogens is 309 g/mol. The van der Waals surface area contributed by atoms with Crippen molar-refractivity contribution in [3.63, 3.8) is 0 Å². The van der Waals surface area contributed by atoms with Gasteiger partial charge in [-0.1, -0.05) is 6.92 Å². The number of carboxylic acids is 1. The summed E-state index contributed by atoms with van der Waals surface area (Å²) < 4.78 is 38.2. The fraction of sp³-hybridized carbons (Fsp3) is 0.583. The highest BCUT2D eigenvalue weighted by molar-refractivity contribution is 7.11. The highest BCUT2D eigenvalue weighted by Crippen LogP contribution is 2.34. The minimum atomic E-state index is -4.67. The Hall–Kier alpha value is -1.64. The van der Waals surface area contributed by atoms with Crippen molar-refractivity contribution in [3.05, 3.63) is 16.1 Å². The molecule has 0 aliphatic carbocycles. The lowest BCUT2D eigenvalue weighted by atomic mass is 9.87. The Morgan fingerprint density at radius 3 is 2.67 bits per heavy atom. The van der Waals surface area contributed by atoms with E-state index in [0.29, 0.717) is 11.3 Å². The summed E-state index contributed by atoms with van der Waals surface area (Å²) in [6, 6.07) is 0. The van der Waals surface area contributed by atoms with Gasteiger partial charge in [-0.2, -0.15) is 13.2 Å². The molecule has 1 aromatic heterocycles. The third-order valence-corrected chi connectivity index (χ3v) is 4.35. The van der Waals surface area contributed by atoms with Crippen LogP contribution in [-0.4, -0.2) is 40.0 Å². The van der Waals surface area contributed by atoms with Crippen molar-refractivity contribution in [3.8, 4) is 0 Å². The van der Waals surface area contributed by atoms with Crippen LogP contribution >= 0.6 is 11.3 Å². The van der Waals surface area contributed by atoms with Gasteiger partial charge in [0, 0.05) is 13.1 Å². The average molecular weight is 322 g/mol. The van der Waals surface area contributed by atoms with Crippen LogP contribution in [0.5, 0.6) is 0 Å². The smallest absolute Gasteiger partial charge is 0.434 e. The molecule has 21 heavy (non-hydrogen) atoms. The number of amides is 1. The Labute approximate surface area is 122 Å².